The second-order valence-electron chi connectivity index (χ2n) is 5.87. The van der Waals surface area contributed by atoms with Crippen LogP contribution in [0.15, 0.2) is 52.8 Å². The van der Waals surface area contributed by atoms with Crippen molar-refractivity contribution < 1.29 is 0 Å². The van der Waals surface area contributed by atoms with Crippen molar-refractivity contribution in [2.75, 3.05) is 44.2 Å². The van der Waals surface area contributed by atoms with Crippen LogP contribution in [0.4, 0.5) is 5.69 Å². The first-order chi connectivity index (χ1) is 11.9. The van der Waals surface area contributed by atoms with Gasteiger partial charge in [0.05, 0.1) is 0 Å². The van der Waals surface area contributed by atoms with Gasteiger partial charge in [0, 0.05) is 56.3 Å². The predicted molar refractivity (Wildman–Crippen MR) is 104 cm³/mol. The van der Waals surface area contributed by atoms with Gasteiger partial charge in [0.25, 0.3) is 0 Å². The van der Waals surface area contributed by atoms with E-state index in [1.807, 2.05) is 11.3 Å². The monoisotopic (exact) mass is 342 g/mol. The van der Waals surface area contributed by atoms with Gasteiger partial charge >= 0.3 is 0 Å². The second kappa shape index (κ2) is 8.73. The largest absolute Gasteiger partial charge is 0.368 e. The molecular formula is C19H26N4S. The summed E-state index contributed by atoms with van der Waals surface area (Å²) in [5.74, 6) is 1.06. The van der Waals surface area contributed by atoms with Crippen LogP contribution in [0.25, 0.3) is 0 Å². The Labute approximate surface area is 148 Å². The Kier molecular flexibility index (Phi) is 6.13. The average Bonchev–Trinajstić information content (AvgIpc) is 3.15. The molecule has 0 amide bonds. The molecule has 0 radical (unpaired) electrons. The number of anilines is 1. The van der Waals surface area contributed by atoms with Gasteiger partial charge in [0.2, 0.25) is 0 Å². The van der Waals surface area contributed by atoms with Crippen LogP contribution in [0, 0.1) is 0 Å². The molecule has 5 heteroatoms. The zero-order valence-corrected chi connectivity index (χ0v) is 15.1. The van der Waals surface area contributed by atoms with Gasteiger partial charge in [0.15, 0.2) is 5.96 Å². The molecule has 1 aliphatic rings. The maximum Gasteiger partial charge on any atom is 0.194 e. The molecule has 4 nitrogen and oxygen atoms in total. The highest BCUT2D eigenvalue weighted by Gasteiger charge is 2.19. The molecule has 3 rings (SSSR count). The van der Waals surface area contributed by atoms with Crippen molar-refractivity contribution in [3.8, 4) is 0 Å². The molecule has 1 aliphatic heterocycles. The third-order valence-corrected chi connectivity index (χ3v) is 5.17. The van der Waals surface area contributed by atoms with Gasteiger partial charge < -0.3 is 15.1 Å². The van der Waals surface area contributed by atoms with E-state index in [-0.39, 0.29) is 0 Å². The van der Waals surface area contributed by atoms with Gasteiger partial charge in [-0.3, -0.25) is 4.99 Å². The highest BCUT2D eigenvalue weighted by Crippen LogP contribution is 2.15. The van der Waals surface area contributed by atoms with E-state index in [0.29, 0.717) is 0 Å². The van der Waals surface area contributed by atoms with Gasteiger partial charge in [-0.1, -0.05) is 24.3 Å². The Morgan fingerprint density at radius 2 is 1.88 bits per heavy atom. The number of rotatable bonds is 5. The smallest absolute Gasteiger partial charge is 0.194 e. The van der Waals surface area contributed by atoms with Gasteiger partial charge in [-0.15, -0.1) is 11.3 Å². The van der Waals surface area contributed by atoms with E-state index in [1.54, 1.807) is 0 Å². The average molecular weight is 343 g/mol. The summed E-state index contributed by atoms with van der Waals surface area (Å²) in [5, 5.41) is 5.58. The van der Waals surface area contributed by atoms with Crippen molar-refractivity contribution in [2.24, 2.45) is 4.99 Å². The van der Waals surface area contributed by atoms with E-state index in [1.165, 1.54) is 10.6 Å². The number of aliphatic imine (C=N–C) groups is 1. The highest BCUT2D eigenvalue weighted by atomic mass is 32.1. The molecule has 0 spiro atoms. The number of hydrogen-bond donors (Lipinski definition) is 1. The lowest BCUT2D eigenvalue weighted by molar-refractivity contribution is 0.372. The number of thiophene rings is 1. The number of nitrogens with one attached hydrogen (secondary N) is 1. The van der Waals surface area contributed by atoms with Crippen LogP contribution in [0.2, 0.25) is 0 Å². The zero-order valence-electron chi connectivity index (χ0n) is 14.3. The van der Waals surface area contributed by atoms with E-state index in [2.05, 4.69) is 69.9 Å². The maximum atomic E-state index is 4.83. The molecule has 1 N–H and O–H groups in total. The van der Waals surface area contributed by atoms with Crippen molar-refractivity contribution in [2.45, 2.75) is 13.3 Å². The predicted octanol–water partition coefficient (Wildman–Crippen LogP) is 3.08. The van der Waals surface area contributed by atoms with Crippen molar-refractivity contribution >= 4 is 23.0 Å². The quantitative estimate of drug-likeness (QED) is 0.669. The number of hydrogen-bond acceptors (Lipinski definition) is 3. The first kappa shape index (κ1) is 16.8. The van der Waals surface area contributed by atoms with Crippen LogP contribution in [-0.2, 0) is 6.42 Å². The Morgan fingerprint density at radius 3 is 2.54 bits per heavy atom. The lowest BCUT2D eigenvalue weighted by Gasteiger charge is -2.37. The van der Waals surface area contributed by atoms with Gasteiger partial charge in [0.1, 0.15) is 0 Å². The van der Waals surface area contributed by atoms with Crippen LogP contribution in [0.3, 0.4) is 0 Å². The van der Waals surface area contributed by atoms with Crippen LogP contribution in [0.5, 0.6) is 0 Å². The fourth-order valence-corrected chi connectivity index (χ4v) is 3.67. The maximum absolute atomic E-state index is 4.83. The number of guanidine groups is 1. The van der Waals surface area contributed by atoms with E-state index < -0.39 is 0 Å². The van der Waals surface area contributed by atoms with Crippen molar-refractivity contribution in [1.29, 1.82) is 0 Å². The summed E-state index contributed by atoms with van der Waals surface area (Å²) in [7, 11) is 0. The van der Waals surface area contributed by atoms with E-state index in [4.69, 9.17) is 4.99 Å². The summed E-state index contributed by atoms with van der Waals surface area (Å²) >= 11 is 1.81. The summed E-state index contributed by atoms with van der Waals surface area (Å²) in [6.45, 7) is 8.01. The molecule has 0 bridgehead atoms. The first-order valence-electron chi connectivity index (χ1n) is 8.72. The number of para-hydroxylation sites is 1. The molecule has 24 heavy (non-hydrogen) atoms. The zero-order chi connectivity index (χ0) is 16.6. The summed E-state index contributed by atoms with van der Waals surface area (Å²) in [6.07, 6.45) is 1.02. The van der Waals surface area contributed by atoms with E-state index in [9.17, 15) is 0 Å². The highest BCUT2D eigenvalue weighted by molar-refractivity contribution is 7.09. The van der Waals surface area contributed by atoms with Crippen molar-refractivity contribution in [1.82, 2.24) is 10.2 Å². The topological polar surface area (TPSA) is 30.9 Å². The first-order valence-corrected chi connectivity index (χ1v) is 9.60. The van der Waals surface area contributed by atoms with Crippen molar-refractivity contribution in [3.05, 3.63) is 52.7 Å². The third kappa shape index (κ3) is 4.51. The van der Waals surface area contributed by atoms with Gasteiger partial charge in [-0.25, -0.2) is 0 Å². The number of piperazine rings is 1. The minimum Gasteiger partial charge on any atom is -0.368 e. The number of benzene rings is 1. The van der Waals surface area contributed by atoms with E-state index in [0.717, 1.165) is 51.6 Å². The molecule has 1 aromatic heterocycles. The van der Waals surface area contributed by atoms with Crippen molar-refractivity contribution in [3.63, 3.8) is 0 Å². The third-order valence-electron chi connectivity index (χ3n) is 4.24. The fourth-order valence-electron chi connectivity index (χ4n) is 2.97. The van der Waals surface area contributed by atoms with Gasteiger partial charge in [-0.05, 0) is 30.5 Å². The van der Waals surface area contributed by atoms with Crippen LogP contribution >= 0.6 is 11.3 Å². The molecule has 128 valence electrons. The second-order valence-corrected chi connectivity index (χ2v) is 6.91. The minimum atomic E-state index is 0.849. The Bertz CT molecular complexity index is 616. The summed E-state index contributed by atoms with van der Waals surface area (Å²) in [6, 6.07) is 15.0. The molecule has 2 heterocycles. The van der Waals surface area contributed by atoms with E-state index >= 15 is 0 Å². The molecular weight excluding hydrogens is 316 g/mol. The normalized spacial score (nSPS) is 15.6. The van der Waals surface area contributed by atoms with Crippen LogP contribution in [0.1, 0.15) is 11.8 Å². The lowest BCUT2D eigenvalue weighted by Crippen LogP contribution is -2.52. The van der Waals surface area contributed by atoms with Crippen LogP contribution < -0.4 is 10.2 Å². The number of nitrogens with zero attached hydrogens (tertiary/aromatic N) is 3. The molecule has 1 fully saturated rings. The summed E-state index contributed by atoms with van der Waals surface area (Å²) in [5.41, 5.74) is 1.32. The standard InChI is InChI=1S/C19H26N4S/c1-2-20-19(21-11-10-18-9-6-16-24-18)23-14-12-22(13-15-23)17-7-4-3-5-8-17/h3-9,16H,2,10-15H2,1H3,(H,20,21). The Hall–Kier alpha value is -2.01. The lowest BCUT2D eigenvalue weighted by atomic mass is 10.2. The Balaban J connectivity index is 1.55. The molecule has 0 unspecified atom stereocenters. The molecule has 1 aromatic carbocycles. The summed E-state index contributed by atoms with van der Waals surface area (Å²) in [4.78, 5) is 11.1. The fraction of sp³-hybridized carbons (Fsp3) is 0.421. The SMILES string of the molecule is CCNC(=NCCc1cccs1)N1CCN(c2ccccc2)CC1. The molecule has 0 aliphatic carbocycles. The molecule has 2 aromatic rings. The van der Waals surface area contributed by atoms with Gasteiger partial charge in [-0.2, -0.15) is 0 Å². The molecule has 0 atom stereocenters. The van der Waals surface area contributed by atoms with Crippen LogP contribution in [-0.4, -0.2) is 50.1 Å². The molecule has 1 saturated heterocycles. The Morgan fingerprint density at radius 1 is 1.08 bits per heavy atom. The minimum absolute atomic E-state index is 0.849. The summed E-state index contributed by atoms with van der Waals surface area (Å²) < 4.78 is 0. The molecule has 0 saturated carbocycles.